The summed E-state index contributed by atoms with van der Waals surface area (Å²) in [5.41, 5.74) is 0.568. The Morgan fingerprint density at radius 3 is 2.67 bits per heavy atom. The van der Waals surface area contributed by atoms with E-state index in [0.717, 1.165) is 18.6 Å². The van der Waals surface area contributed by atoms with Crippen molar-refractivity contribution in [2.45, 2.75) is 25.3 Å². The van der Waals surface area contributed by atoms with Crippen LogP contribution in [0.15, 0.2) is 65.6 Å². The van der Waals surface area contributed by atoms with Gasteiger partial charge < -0.3 is 19.4 Å². The average molecular weight is 408 g/mol. The van der Waals surface area contributed by atoms with E-state index in [4.69, 9.17) is 9.15 Å². The Balaban J connectivity index is 1.27. The van der Waals surface area contributed by atoms with Gasteiger partial charge in [0.2, 0.25) is 5.91 Å². The van der Waals surface area contributed by atoms with E-state index in [2.05, 4.69) is 10.4 Å². The van der Waals surface area contributed by atoms with Crippen molar-refractivity contribution in [3.05, 3.63) is 66.8 Å². The van der Waals surface area contributed by atoms with E-state index in [-0.39, 0.29) is 24.3 Å². The van der Waals surface area contributed by atoms with E-state index < -0.39 is 0 Å². The molecule has 1 N–H and O–H groups in total. The number of carbonyl (C=O) groups is 2. The highest BCUT2D eigenvalue weighted by molar-refractivity contribution is 5.93. The first-order valence-electron chi connectivity index (χ1n) is 10.0. The van der Waals surface area contributed by atoms with Crippen LogP contribution in [0.2, 0.25) is 0 Å². The molecular weight excluding hydrogens is 384 g/mol. The van der Waals surface area contributed by atoms with Crippen molar-refractivity contribution >= 4 is 17.6 Å². The predicted octanol–water partition coefficient (Wildman–Crippen LogP) is 3.36. The Labute approximate surface area is 174 Å². The third-order valence-electron chi connectivity index (χ3n) is 5.14. The highest BCUT2D eigenvalue weighted by Gasteiger charge is 2.26. The molecule has 3 aromatic rings. The molecule has 4 rings (SSSR count). The van der Waals surface area contributed by atoms with Crippen molar-refractivity contribution in [2.24, 2.45) is 0 Å². The summed E-state index contributed by atoms with van der Waals surface area (Å²) in [5.74, 6) is 1.27. The Bertz CT molecular complexity index is 960. The summed E-state index contributed by atoms with van der Waals surface area (Å²) in [6, 6.07) is 13.0. The number of hydrogen-bond donors (Lipinski definition) is 1. The minimum absolute atomic E-state index is 0.0189. The third-order valence-corrected chi connectivity index (χ3v) is 5.14. The monoisotopic (exact) mass is 408 g/mol. The minimum Gasteiger partial charge on any atom is -0.493 e. The molecule has 0 bridgehead atoms. The van der Waals surface area contributed by atoms with Gasteiger partial charge >= 0.3 is 0 Å². The first-order valence-corrected chi connectivity index (χ1v) is 10.0. The van der Waals surface area contributed by atoms with Crippen molar-refractivity contribution < 1.29 is 18.7 Å². The molecule has 0 spiro atoms. The van der Waals surface area contributed by atoms with E-state index in [9.17, 15) is 9.59 Å². The highest BCUT2D eigenvalue weighted by atomic mass is 16.5. The number of furan rings is 1. The molecule has 1 aromatic carbocycles. The number of carbonyl (C=O) groups excluding carboxylic acids is 2. The number of para-hydroxylation sites is 1. The number of nitrogens with one attached hydrogen (secondary N) is 1. The average Bonchev–Trinajstić information content (AvgIpc) is 3.47. The Hall–Kier alpha value is -3.55. The largest absolute Gasteiger partial charge is 0.493 e. The maximum absolute atomic E-state index is 12.4. The predicted molar refractivity (Wildman–Crippen MR) is 110 cm³/mol. The van der Waals surface area contributed by atoms with Crippen LogP contribution in [0, 0.1) is 0 Å². The number of benzene rings is 1. The van der Waals surface area contributed by atoms with Gasteiger partial charge in [-0.25, -0.2) is 4.68 Å². The van der Waals surface area contributed by atoms with Crippen molar-refractivity contribution in [2.75, 3.05) is 25.0 Å². The summed E-state index contributed by atoms with van der Waals surface area (Å²) in [6.07, 6.45) is 6.44. The first kappa shape index (κ1) is 19.8. The third kappa shape index (κ3) is 4.71. The van der Waals surface area contributed by atoms with E-state index in [1.165, 1.54) is 12.5 Å². The van der Waals surface area contributed by atoms with Crippen molar-refractivity contribution in [3.63, 3.8) is 0 Å². The van der Waals surface area contributed by atoms with Gasteiger partial charge in [0.25, 0.3) is 5.91 Å². The molecule has 2 amide bonds. The summed E-state index contributed by atoms with van der Waals surface area (Å²) in [4.78, 5) is 26.6. The summed E-state index contributed by atoms with van der Waals surface area (Å²) >= 11 is 0. The molecule has 1 aliphatic rings. The summed E-state index contributed by atoms with van der Waals surface area (Å²) in [7, 11) is 0. The number of aromatic nitrogens is 2. The van der Waals surface area contributed by atoms with Gasteiger partial charge in [0, 0.05) is 19.2 Å². The summed E-state index contributed by atoms with van der Waals surface area (Å²) in [5, 5.41) is 7.31. The van der Waals surface area contributed by atoms with Crippen LogP contribution in [0.1, 0.15) is 35.7 Å². The van der Waals surface area contributed by atoms with Crippen molar-refractivity contribution in [1.82, 2.24) is 14.7 Å². The molecule has 1 fully saturated rings. The lowest BCUT2D eigenvalue weighted by molar-refractivity contribution is -0.116. The number of hydrogen-bond acceptors (Lipinski definition) is 5. The fourth-order valence-corrected chi connectivity index (χ4v) is 3.57. The van der Waals surface area contributed by atoms with E-state index in [1.54, 1.807) is 18.3 Å². The topological polar surface area (TPSA) is 89.6 Å². The Morgan fingerprint density at radius 2 is 1.93 bits per heavy atom. The maximum atomic E-state index is 12.4. The van der Waals surface area contributed by atoms with Gasteiger partial charge in [-0.3, -0.25) is 9.59 Å². The minimum atomic E-state index is -0.125. The van der Waals surface area contributed by atoms with Gasteiger partial charge in [-0.05, 0) is 31.0 Å². The maximum Gasteiger partial charge on any atom is 0.257 e. The van der Waals surface area contributed by atoms with Crippen molar-refractivity contribution in [1.29, 1.82) is 0 Å². The Kier molecular flexibility index (Phi) is 6.12. The molecule has 1 aliphatic heterocycles. The molecule has 2 aromatic heterocycles. The van der Waals surface area contributed by atoms with Gasteiger partial charge in [0.1, 0.15) is 17.8 Å². The molecular formula is C22H24N4O4. The van der Waals surface area contributed by atoms with Gasteiger partial charge in [0.05, 0.1) is 37.1 Å². The second-order valence-corrected chi connectivity index (χ2v) is 7.16. The van der Waals surface area contributed by atoms with Gasteiger partial charge in [-0.2, -0.15) is 5.10 Å². The van der Waals surface area contributed by atoms with Crippen LogP contribution in [-0.4, -0.2) is 46.2 Å². The van der Waals surface area contributed by atoms with E-state index in [0.29, 0.717) is 31.1 Å². The van der Waals surface area contributed by atoms with Crippen LogP contribution in [0.3, 0.4) is 0 Å². The number of ether oxygens (including phenoxy) is 1. The summed E-state index contributed by atoms with van der Waals surface area (Å²) < 4.78 is 12.4. The SMILES string of the molecule is O=C(CCOc1ccccc1)Nc1ccnn1C1CCN(C(=O)c2ccoc2)CC1. The van der Waals surface area contributed by atoms with Crippen LogP contribution in [0.25, 0.3) is 0 Å². The smallest absolute Gasteiger partial charge is 0.257 e. The van der Waals surface area contributed by atoms with E-state index >= 15 is 0 Å². The highest BCUT2D eigenvalue weighted by Crippen LogP contribution is 2.26. The van der Waals surface area contributed by atoms with Crippen LogP contribution >= 0.6 is 0 Å². The molecule has 8 nitrogen and oxygen atoms in total. The summed E-state index contributed by atoms with van der Waals surface area (Å²) in [6.45, 7) is 1.57. The quantitative estimate of drug-likeness (QED) is 0.647. The van der Waals surface area contributed by atoms with Crippen LogP contribution < -0.4 is 10.1 Å². The lowest BCUT2D eigenvalue weighted by atomic mass is 10.0. The molecule has 0 aliphatic carbocycles. The molecule has 156 valence electrons. The fourth-order valence-electron chi connectivity index (χ4n) is 3.57. The van der Waals surface area contributed by atoms with Gasteiger partial charge in [-0.15, -0.1) is 0 Å². The fraction of sp³-hybridized carbons (Fsp3) is 0.318. The standard InChI is InChI=1S/C22H24N4O4/c27-21(10-15-30-19-4-2-1-3-5-19)24-20-6-11-23-26(20)18-7-12-25(13-8-18)22(28)17-9-14-29-16-17/h1-6,9,11,14,16,18H,7-8,10,12-13,15H2,(H,24,27). The second kappa shape index (κ2) is 9.30. The number of anilines is 1. The van der Waals surface area contributed by atoms with Gasteiger partial charge in [0.15, 0.2) is 0 Å². The molecule has 1 saturated heterocycles. The molecule has 0 unspecified atom stereocenters. The number of amides is 2. The number of rotatable bonds is 7. The van der Waals surface area contributed by atoms with Gasteiger partial charge in [-0.1, -0.05) is 18.2 Å². The number of piperidine rings is 1. The molecule has 0 radical (unpaired) electrons. The molecule has 8 heteroatoms. The number of nitrogens with zero attached hydrogens (tertiary/aromatic N) is 3. The molecule has 0 atom stereocenters. The van der Waals surface area contributed by atoms with Crippen LogP contribution in [-0.2, 0) is 4.79 Å². The lowest BCUT2D eigenvalue weighted by Gasteiger charge is -2.32. The zero-order chi connectivity index (χ0) is 20.8. The van der Waals surface area contributed by atoms with Crippen LogP contribution in [0.4, 0.5) is 5.82 Å². The number of likely N-dealkylation sites (tertiary alicyclic amines) is 1. The normalized spacial score (nSPS) is 14.5. The second-order valence-electron chi connectivity index (χ2n) is 7.16. The molecule has 30 heavy (non-hydrogen) atoms. The Morgan fingerprint density at radius 1 is 1.13 bits per heavy atom. The lowest BCUT2D eigenvalue weighted by Crippen LogP contribution is -2.39. The zero-order valence-corrected chi connectivity index (χ0v) is 16.6. The first-order chi connectivity index (χ1) is 14.7. The molecule has 0 saturated carbocycles. The van der Waals surface area contributed by atoms with Crippen LogP contribution in [0.5, 0.6) is 5.75 Å². The molecule has 3 heterocycles. The zero-order valence-electron chi connectivity index (χ0n) is 16.6. The van der Waals surface area contributed by atoms with Crippen molar-refractivity contribution in [3.8, 4) is 5.75 Å². The van der Waals surface area contributed by atoms with E-state index in [1.807, 2.05) is 39.9 Å².